The Bertz CT molecular complexity index is 616. The predicted molar refractivity (Wildman–Crippen MR) is 83.7 cm³/mol. The molecule has 1 aliphatic heterocycles. The lowest BCUT2D eigenvalue weighted by molar-refractivity contribution is -0.120. The Labute approximate surface area is 125 Å². The SMILES string of the molecule is C[C@H]1C[C@@H](C(=O)Nc2cccc(NS(C)(=O)=O)c2)CCN1. The third kappa shape index (κ3) is 5.02. The highest BCUT2D eigenvalue weighted by atomic mass is 32.2. The number of nitrogens with one attached hydrogen (secondary N) is 3. The van der Waals surface area contributed by atoms with Crippen LogP contribution in [-0.2, 0) is 14.8 Å². The second-order valence-electron chi connectivity index (χ2n) is 5.52. The average Bonchev–Trinajstić information content (AvgIpc) is 2.37. The van der Waals surface area contributed by atoms with Crippen LogP contribution in [0.1, 0.15) is 19.8 Å². The first kappa shape index (κ1) is 15.8. The smallest absolute Gasteiger partial charge is 0.229 e. The van der Waals surface area contributed by atoms with Gasteiger partial charge in [0.25, 0.3) is 0 Å². The Morgan fingerprint density at radius 2 is 2.05 bits per heavy atom. The lowest BCUT2D eigenvalue weighted by atomic mass is 9.92. The van der Waals surface area contributed by atoms with E-state index in [9.17, 15) is 13.2 Å². The van der Waals surface area contributed by atoms with Crippen molar-refractivity contribution in [3.63, 3.8) is 0 Å². The van der Waals surface area contributed by atoms with Gasteiger partial charge >= 0.3 is 0 Å². The number of hydrogen-bond acceptors (Lipinski definition) is 4. The van der Waals surface area contributed by atoms with Crippen LogP contribution in [0, 0.1) is 5.92 Å². The van der Waals surface area contributed by atoms with E-state index in [-0.39, 0.29) is 11.8 Å². The third-order valence-corrected chi connectivity index (χ3v) is 4.03. The molecule has 1 saturated heterocycles. The summed E-state index contributed by atoms with van der Waals surface area (Å²) in [6.07, 6.45) is 2.72. The van der Waals surface area contributed by atoms with Crippen molar-refractivity contribution in [3.05, 3.63) is 24.3 Å². The number of anilines is 2. The van der Waals surface area contributed by atoms with E-state index in [1.54, 1.807) is 24.3 Å². The van der Waals surface area contributed by atoms with E-state index in [0.29, 0.717) is 17.4 Å². The van der Waals surface area contributed by atoms with E-state index >= 15 is 0 Å². The van der Waals surface area contributed by atoms with E-state index < -0.39 is 10.0 Å². The largest absolute Gasteiger partial charge is 0.326 e. The van der Waals surface area contributed by atoms with Gasteiger partial charge in [0.1, 0.15) is 0 Å². The number of hydrogen-bond donors (Lipinski definition) is 3. The summed E-state index contributed by atoms with van der Waals surface area (Å²) < 4.78 is 24.8. The average molecular weight is 311 g/mol. The molecule has 0 spiro atoms. The van der Waals surface area contributed by atoms with Gasteiger partial charge in [-0.2, -0.15) is 0 Å². The second kappa shape index (κ2) is 6.44. The van der Waals surface area contributed by atoms with Crippen molar-refractivity contribution in [1.29, 1.82) is 0 Å². The minimum absolute atomic E-state index is 0.00669. The Balaban J connectivity index is 2.02. The molecular formula is C14H21N3O3S. The molecule has 1 aromatic carbocycles. The fourth-order valence-electron chi connectivity index (χ4n) is 2.49. The zero-order valence-corrected chi connectivity index (χ0v) is 13.0. The van der Waals surface area contributed by atoms with Crippen LogP contribution in [0.3, 0.4) is 0 Å². The summed E-state index contributed by atoms with van der Waals surface area (Å²) in [5.74, 6) is -0.0207. The summed E-state index contributed by atoms with van der Waals surface area (Å²) in [4.78, 5) is 12.2. The van der Waals surface area contributed by atoms with Crippen molar-refractivity contribution >= 4 is 27.3 Å². The van der Waals surface area contributed by atoms with Crippen LogP contribution < -0.4 is 15.4 Å². The first-order chi connectivity index (χ1) is 9.83. The molecule has 1 heterocycles. The van der Waals surface area contributed by atoms with Gasteiger partial charge in [0.15, 0.2) is 0 Å². The number of rotatable bonds is 4. The highest BCUT2D eigenvalue weighted by Crippen LogP contribution is 2.20. The standard InChI is InChI=1S/C14H21N3O3S/c1-10-8-11(6-7-15-10)14(18)16-12-4-3-5-13(9-12)17-21(2,19)20/h3-5,9-11,15,17H,6-8H2,1-2H3,(H,16,18)/t10-,11-/m0/s1. The fraction of sp³-hybridized carbons (Fsp3) is 0.500. The molecule has 7 heteroatoms. The third-order valence-electron chi connectivity index (χ3n) is 3.43. The molecule has 3 N–H and O–H groups in total. The first-order valence-corrected chi connectivity index (χ1v) is 8.85. The van der Waals surface area contributed by atoms with Crippen molar-refractivity contribution in [2.45, 2.75) is 25.8 Å². The molecule has 0 radical (unpaired) electrons. The maximum absolute atomic E-state index is 12.2. The zero-order chi connectivity index (χ0) is 15.5. The van der Waals surface area contributed by atoms with Crippen molar-refractivity contribution in [2.24, 2.45) is 5.92 Å². The maximum atomic E-state index is 12.2. The molecule has 1 aliphatic rings. The molecule has 116 valence electrons. The molecular weight excluding hydrogens is 290 g/mol. The second-order valence-corrected chi connectivity index (χ2v) is 7.27. The summed E-state index contributed by atoms with van der Waals surface area (Å²) in [6, 6.07) is 7.05. The van der Waals surface area contributed by atoms with Crippen molar-refractivity contribution in [2.75, 3.05) is 22.8 Å². The minimum Gasteiger partial charge on any atom is -0.326 e. The van der Waals surface area contributed by atoms with E-state index in [1.807, 2.05) is 0 Å². The Kier molecular flexibility index (Phi) is 4.84. The predicted octanol–water partition coefficient (Wildman–Crippen LogP) is 1.38. The van der Waals surface area contributed by atoms with E-state index in [4.69, 9.17) is 0 Å². The minimum atomic E-state index is -3.32. The first-order valence-electron chi connectivity index (χ1n) is 6.95. The van der Waals surface area contributed by atoms with Crippen molar-refractivity contribution in [3.8, 4) is 0 Å². The van der Waals surface area contributed by atoms with E-state index in [2.05, 4.69) is 22.3 Å². The molecule has 0 aromatic heterocycles. The van der Waals surface area contributed by atoms with Gasteiger partial charge in [-0.15, -0.1) is 0 Å². The molecule has 21 heavy (non-hydrogen) atoms. The summed E-state index contributed by atoms with van der Waals surface area (Å²) in [7, 11) is -3.32. The molecule has 6 nitrogen and oxygen atoms in total. The molecule has 0 unspecified atom stereocenters. The quantitative estimate of drug-likeness (QED) is 0.784. The normalized spacial score (nSPS) is 22.6. The van der Waals surface area contributed by atoms with Crippen LogP contribution in [0.15, 0.2) is 24.3 Å². The fourth-order valence-corrected chi connectivity index (χ4v) is 3.04. The molecule has 0 saturated carbocycles. The van der Waals surface area contributed by atoms with Crippen molar-refractivity contribution < 1.29 is 13.2 Å². The number of piperidine rings is 1. The van der Waals surface area contributed by atoms with Gasteiger partial charge in [-0.05, 0) is 44.5 Å². The van der Waals surface area contributed by atoms with Crippen LogP contribution in [0.25, 0.3) is 0 Å². The number of amides is 1. The van der Waals surface area contributed by atoms with Crippen LogP contribution in [0.4, 0.5) is 11.4 Å². The van der Waals surface area contributed by atoms with Gasteiger partial charge in [0, 0.05) is 17.6 Å². The number of sulfonamides is 1. The Morgan fingerprint density at radius 3 is 2.71 bits per heavy atom. The summed E-state index contributed by atoms with van der Waals surface area (Å²) in [5, 5.41) is 6.17. The zero-order valence-electron chi connectivity index (χ0n) is 12.2. The topological polar surface area (TPSA) is 87.3 Å². The number of benzene rings is 1. The lowest BCUT2D eigenvalue weighted by Crippen LogP contribution is -2.40. The van der Waals surface area contributed by atoms with Gasteiger partial charge in [0.2, 0.25) is 15.9 Å². The molecule has 1 aromatic rings. The highest BCUT2D eigenvalue weighted by molar-refractivity contribution is 7.92. The lowest BCUT2D eigenvalue weighted by Gasteiger charge is -2.27. The van der Waals surface area contributed by atoms with Crippen molar-refractivity contribution in [1.82, 2.24) is 5.32 Å². The Hall–Kier alpha value is -1.60. The number of carbonyl (C=O) groups is 1. The molecule has 1 fully saturated rings. The van der Waals surface area contributed by atoms with Gasteiger partial charge in [0.05, 0.1) is 11.9 Å². The summed E-state index contributed by atoms with van der Waals surface area (Å²) in [6.45, 7) is 2.91. The van der Waals surface area contributed by atoms with Gasteiger partial charge in [-0.25, -0.2) is 8.42 Å². The monoisotopic (exact) mass is 311 g/mol. The molecule has 0 aliphatic carbocycles. The van der Waals surface area contributed by atoms with Crippen LogP contribution in [0.2, 0.25) is 0 Å². The van der Waals surface area contributed by atoms with Crippen LogP contribution in [0.5, 0.6) is 0 Å². The molecule has 0 bridgehead atoms. The van der Waals surface area contributed by atoms with E-state index in [0.717, 1.165) is 25.6 Å². The van der Waals surface area contributed by atoms with Gasteiger partial charge in [-0.1, -0.05) is 6.07 Å². The van der Waals surface area contributed by atoms with E-state index in [1.165, 1.54) is 0 Å². The summed E-state index contributed by atoms with van der Waals surface area (Å²) >= 11 is 0. The van der Waals surface area contributed by atoms with Gasteiger partial charge in [-0.3, -0.25) is 9.52 Å². The molecule has 1 amide bonds. The molecule has 2 atom stereocenters. The van der Waals surface area contributed by atoms with Gasteiger partial charge < -0.3 is 10.6 Å². The van der Waals surface area contributed by atoms with Crippen LogP contribution >= 0.6 is 0 Å². The maximum Gasteiger partial charge on any atom is 0.229 e. The number of carbonyl (C=O) groups excluding carboxylic acids is 1. The molecule has 2 rings (SSSR count). The summed E-state index contributed by atoms with van der Waals surface area (Å²) in [5.41, 5.74) is 1.04. The highest BCUT2D eigenvalue weighted by Gasteiger charge is 2.24. The Morgan fingerprint density at radius 1 is 1.33 bits per heavy atom. The van der Waals surface area contributed by atoms with Crippen LogP contribution in [-0.4, -0.2) is 33.2 Å².